The van der Waals surface area contributed by atoms with E-state index >= 15 is 0 Å². The van der Waals surface area contributed by atoms with Gasteiger partial charge >= 0.3 is 12.2 Å². The van der Waals surface area contributed by atoms with Crippen molar-refractivity contribution >= 4 is 41.2 Å². The number of halogens is 1. The highest BCUT2D eigenvalue weighted by molar-refractivity contribution is 6.16. The van der Waals surface area contributed by atoms with Crippen LogP contribution in [0, 0.1) is 16.1 Å². The molecule has 0 spiro atoms. The Morgan fingerprint density at radius 3 is 2.19 bits per heavy atom. The van der Waals surface area contributed by atoms with Gasteiger partial charge in [-0.2, -0.15) is 9.29 Å². The lowest BCUT2D eigenvalue weighted by molar-refractivity contribution is -0.385. The van der Waals surface area contributed by atoms with Gasteiger partial charge < -0.3 is 15.2 Å². The molecule has 2 aliphatic rings. The van der Waals surface area contributed by atoms with Crippen LogP contribution < -0.4 is 16.0 Å². The smallest absolute Gasteiger partial charge is 0.423 e. The fraction of sp³-hybridized carbons (Fsp3) is 0.125. The van der Waals surface area contributed by atoms with Crippen LogP contribution in [0.5, 0.6) is 0 Å². The molecule has 0 atom stereocenters. The van der Waals surface area contributed by atoms with Gasteiger partial charge in [0.05, 0.1) is 16.8 Å². The Morgan fingerprint density at radius 2 is 1.81 bits per heavy atom. The number of amides is 4. The van der Waals surface area contributed by atoms with Gasteiger partial charge in [0.2, 0.25) is 5.95 Å². The van der Waals surface area contributed by atoms with Gasteiger partial charge in [-0.1, -0.05) is 0 Å². The van der Waals surface area contributed by atoms with Gasteiger partial charge in [0.25, 0.3) is 17.5 Å². The number of alkyl carbamates (subject to hydrolysis) is 1. The summed E-state index contributed by atoms with van der Waals surface area (Å²) in [5.74, 6) is -1.28. The quantitative estimate of drug-likeness (QED) is 0.378. The first-order valence-electron chi connectivity index (χ1n) is 8.11. The minimum atomic E-state index is -0.717. The first-order valence-corrected chi connectivity index (χ1v) is 8.11. The summed E-state index contributed by atoms with van der Waals surface area (Å²) >= 11 is 0. The van der Waals surface area contributed by atoms with Crippen molar-refractivity contribution in [2.45, 2.75) is 0 Å². The molecular weight excluding hydrogens is 423 g/mol. The number of imide groups is 2. The average Bonchev–Trinajstić information content (AvgIpc) is 3.27. The zero-order valence-electron chi connectivity index (χ0n) is 15.4. The molecule has 2 aliphatic heterocycles. The number of nitrogens with zero attached hydrogens (tertiary/aromatic N) is 4. The molecule has 4 rings (SSSR count). The normalized spacial score (nSPS) is 14.4. The fourth-order valence-electron chi connectivity index (χ4n) is 1.90. The first kappa shape index (κ1) is 22.6. The lowest BCUT2D eigenvalue weighted by Gasteiger charge is -2.08. The lowest BCUT2D eigenvalue weighted by atomic mass is 10.4. The molecule has 31 heavy (non-hydrogen) atoms. The number of cyclic esters (lactones) is 2. The SMILES string of the molecule is Nc1ccc(N2C(=O)COC2=O)nc1.O=C1COC(=O)N1.O=[N+]([O-])c1ccc(F)nc1. The number of hydrogen-bond acceptors (Lipinski definition) is 11. The number of pyridine rings is 2. The van der Waals surface area contributed by atoms with Gasteiger partial charge in [-0.15, -0.1) is 0 Å². The highest BCUT2D eigenvalue weighted by Crippen LogP contribution is 2.17. The van der Waals surface area contributed by atoms with E-state index in [1.54, 1.807) is 6.07 Å². The monoisotopic (exact) mass is 436 g/mol. The van der Waals surface area contributed by atoms with Crippen LogP contribution in [-0.4, -0.2) is 52.1 Å². The Balaban J connectivity index is 0.000000176. The lowest BCUT2D eigenvalue weighted by Crippen LogP contribution is -2.29. The Morgan fingerprint density at radius 1 is 1.06 bits per heavy atom. The average molecular weight is 436 g/mol. The molecule has 3 N–H and O–H groups in total. The molecule has 15 heteroatoms. The van der Waals surface area contributed by atoms with E-state index in [2.05, 4.69) is 19.4 Å². The molecule has 0 aliphatic carbocycles. The fourth-order valence-corrected chi connectivity index (χ4v) is 1.90. The van der Waals surface area contributed by atoms with Gasteiger partial charge in [-0.05, 0) is 18.2 Å². The van der Waals surface area contributed by atoms with Crippen molar-refractivity contribution < 1.29 is 38.0 Å². The topological polar surface area (TPSA) is 197 Å². The molecule has 0 bridgehead atoms. The molecule has 2 fully saturated rings. The number of hydrogen-bond donors (Lipinski definition) is 2. The highest BCUT2D eigenvalue weighted by Gasteiger charge is 2.33. The van der Waals surface area contributed by atoms with E-state index in [1.165, 1.54) is 12.3 Å². The predicted octanol–water partition coefficient (Wildman–Crippen LogP) is 0.529. The molecule has 2 saturated heterocycles. The van der Waals surface area contributed by atoms with Crippen LogP contribution in [0.4, 0.5) is 31.2 Å². The maximum atomic E-state index is 12.0. The summed E-state index contributed by atoms with van der Waals surface area (Å²) in [5.41, 5.74) is 5.67. The van der Waals surface area contributed by atoms with Crippen LogP contribution in [0.3, 0.4) is 0 Å². The van der Waals surface area contributed by atoms with E-state index < -0.39 is 29.0 Å². The summed E-state index contributed by atoms with van der Waals surface area (Å²) in [6.07, 6.45) is 0.890. The Hall–Kier alpha value is -4.69. The summed E-state index contributed by atoms with van der Waals surface area (Å²) in [7, 11) is 0. The van der Waals surface area contributed by atoms with Crippen molar-refractivity contribution in [3.8, 4) is 0 Å². The number of ether oxygens (including phenoxy) is 2. The molecule has 2 aromatic heterocycles. The molecule has 0 unspecified atom stereocenters. The highest BCUT2D eigenvalue weighted by atomic mass is 19.1. The van der Waals surface area contributed by atoms with Crippen molar-refractivity contribution in [2.75, 3.05) is 23.8 Å². The second kappa shape index (κ2) is 10.2. The number of nitrogen functional groups attached to an aromatic ring is 1. The maximum Gasteiger partial charge on any atom is 0.423 e. The van der Waals surface area contributed by atoms with Gasteiger partial charge in [-0.3, -0.25) is 25.0 Å². The minimum absolute atomic E-state index is 0.126. The van der Waals surface area contributed by atoms with Gasteiger partial charge in [0.15, 0.2) is 13.2 Å². The van der Waals surface area contributed by atoms with E-state index in [0.717, 1.165) is 23.2 Å². The second-order valence-corrected chi connectivity index (χ2v) is 5.45. The molecule has 2 aromatic rings. The molecule has 4 amide bonds. The largest absolute Gasteiger partial charge is 0.439 e. The zero-order valence-corrected chi connectivity index (χ0v) is 15.4. The van der Waals surface area contributed by atoms with Crippen LogP contribution in [0.15, 0.2) is 36.7 Å². The summed E-state index contributed by atoms with van der Waals surface area (Å²) in [5, 5.41) is 11.9. The standard InChI is InChI=1S/C8H7N3O3.C5H3FN2O2.C3H3NO3/c9-5-1-2-6(10-3-5)11-7(12)4-14-8(11)13;6-5-2-1-4(3-7-5)8(9)10;5-2-1-7-3(6)4-2/h1-3H,4,9H2;1-3H;1H2,(H,4,5,6). The minimum Gasteiger partial charge on any atom is -0.439 e. The number of carbonyl (C=O) groups is 4. The van der Waals surface area contributed by atoms with Crippen molar-refractivity contribution in [2.24, 2.45) is 0 Å². The molecule has 4 heterocycles. The van der Waals surface area contributed by atoms with Crippen LogP contribution >= 0.6 is 0 Å². The molecule has 14 nitrogen and oxygen atoms in total. The van der Waals surface area contributed by atoms with Crippen molar-refractivity contribution in [1.82, 2.24) is 15.3 Å². The summed E-state index contributed by atoms with van der Waals surface area (Å²) < 4.78 is 20.7. The number of nitrogens with one attached hydrogen (secondary N) is 1. The molecule has 0 saturated carbocycles. The molecule has 0 radical (unpaired) electrons. The van der Waals surface area contributed by atoms with E-state index in [0.29, 0.717) is 5.69 Å². The number of anilines is 2. The number of rotatable bonds is 2. The van der Waals surface area contributed by atoms with Gasteiger partial charge in [-0.25, -0.2) is 19.6 Å². The van der Waals surface area contributed by atoms with Crippen LogP contribution in [0.25, 0.3) is 0 Å². The van der Waals surface area contributed by atoms with E-state index in [-0.39, 0.29) is 30.6 Å². The number of aromatic nitrogens is 2. The zero-order chi connectivity index (χ0) is 23.0. The van der Waals surface area contributed by atoms with Crippen molar-refractivity contribution in [3.05, 3.63) is 52.7 Å². The third-order valence-corrected chi connectivity index (χ3v) is 3.25. The van der Waals surface area contributed by atoms with Crippen LogP contribution in [-0.2, 0) is 19.1 Å². The Bertz CT molecular complexity index is 968. The third kappa shape index (κ3) is 6.70. The molecular formula is C16H13FN6O8. The van der Waals surface area contributed by atoms with Crippen molar-refractivity contribution in [1.29, 1.82) is 0 Å². The van der Waals surface area contributed by atoms with E-state index in [1.807, 2.05) is 5.32 Å². The number of nitrogens with two attached hydrogens (primary N) is 1. The van der Waals surface area contributed by atoms with E-state index in [9.17, 15) is 33.7 Å². The Labute approximate surface area is 171 Å². The summed E-state index contributed by atoms with van der Waals surface area (Å²) in [4.78, 5) is 59.3. The first-order chi connectivity index (χ1) is 14.7. The van der Waals surface area contributed by atoms with E-state index in [4.69, 9.17) is 5.73 Å². The molecule has 162 valence electrons. The van der Waals surface area contributed by atoms with Crippen molar-refractivity contribution in [3.63, 3.8) is 0 Å². The summed E-state index contributed by atoms with van der Waals surface area (Å²) in [6, 6.07) is 5.04. The predicted molar refractivity (Wildman–Crippen MR) is 97.8 cm³/mol. The van der Waals surface area contributed by atoms with Crippen LogP contribution in [0.1, 0.15) is 0 Å². The summed E-state index contributed by atoms with van der Waals surface area (Å²) in [6.45, 7) is -0.357. The molecule has 0 aromatic carbocycles. The Kier molecular flexibility index (Phi) is 7.43. The van der Waals surface area contributed by atoms with Gasteiger partial charge in [0, 0.05) is 6.07 Å². The van der Waals surface area contributed by atoms with Gasteiger partial charge in [0.1, 0.15) is 12.0 Å². The maximum absolute atomic E-state index is 12.0. The van der Waals surface area contributed by atoms with Crippen LogP contribution in [0.2, 0.25) is 0 Å². The number of nitro groups is 1. The second-order valence-electron chi connectivity index (χ2n) is 5.45. The third-order valence-electron chi connectivity index (χ3n) is 3.25. The number of carbonyl (C=O) groups excluding carboxylic acids is 4.